The largest absolute Gasteiger partial charge is 0.416 e. The molecule has 7 nitrogen and oxygen atoms in total. The van der Waals surface area contributed by atoms with Crippen LogP contribution in [-0.4, -0.2) is 42.4 Å². The standard InChI is InChI=1S/C14H11F3N2O5S/c1-7(20)19-13(6-11(21)18(2)12(13)22)9-5-8(14(15,16)17)3-4-10(9)25(19,23)24/h3-5H,6H2,1-2H3. The topological polar surface area (TPSA) is 91.8 Å². The van der Waals surface area contributed by atoms with Crippen LogP contribution in [-0.2, 0) is 36.1 Å². The van der Waals surface area contributed by atoms with Crippen molar-refractivity contribution in [2.24, 2.45) is 0 Å². The van der Waals surface area contributed by atoms with E-state index in [1.165, 1.54) is 0 Å². The SMILES string of the molecule is CC(=O)N1C2(CC(=O)N(C)C2=O)c2cc(C(F)(F)F)ccc2S1(=O)=O. The van der Waals surface area contributed by atoms with Gasteiger partial charge in [-0.05, 0) is 18.2 Å². The Morgan fingerprint density at radius 3 is 2.28 bits per heavy atom. The van der Waals surface area contributed by atoms with Gasteiger partial charge in [0.25, 0.3) is 15.9 Å². The molecule has 0 aliphatic carbocycles. The lowest BCUT2D eigenvalue weighted by Crippen LogP contribution is -2.51. The van der Waals surface area contributed by atoms with Gasteiger partial charge in [0.05, 0.1) is 16.9 Å². The van der Waals surface area contributed by atoms with Crippen LogP contribution in [0.1, 0.15) is 24.5 Å². The van der Waals surface area contributed by atoms with E-state index in [1.54, 1.807) is 0 Å². The van der Waals surface area contributed by atoms with Gasteiger partial charge in [-0.15, -0.1) is 0 Å². The second-order valence-corrected chi connectivity index (χ2v) is 7.55. The highest BCUT2D eigenvalue weighted by Crippen LogP contribution is 2.51. The summed E-state index contributed by atoms with van der Waals surface area (Å²) < 4.78 is 64.6. The van der Waals surface area contributed by atoms with Gasteiger partial charge in [0.15, 0.2) is 5.54 Å². The number of carbonyl (C=O) groups excluding carboxylic acids is 3. The number of imide groups is 1. The molecule has 0 N–H and O–H groups in total. The summed E-state index contributed by atoms with van der Waals surface area (Å²) in [6, 6.07) is 1.77. The van der Waals surface area contributed by atoms with E-state index in [1.807, 2.05) is 0 Å². The minimum absolute atomic E-state index is 0.217. The Morgan fingerprint density at radius 2 is 1.84 bits per heavy atom. The fourth-order valence-corrected chi connectivity index (χ4v) is 5.21. The van der Waals surface area contributed by atoms with Crippen LogP contribution in [0.2, 0.25) is 0 Å². The Balaban J connectivity index is 2.41. The highest BCUT2D eigenvalue weighted by molar-refractivity contribution is 7.90. The molecule has 134 valence electrons. The van der Waals surface area contributed by atoms with Crippen molar-refractivity contribution in [1.82, 2.24) is 9.21 Å². The summed E-state index contributed by atoms with van der Waals surface area (Å²) in [6.45, 7) is 0.867. The number of carbonyl (C=O) groups is 3. The summed E-state index contributed by atoms with van der Waals surface area (Å²) in [6.07, 6.45) is -5.53. The molecule has 1 aromatic rings. The monoisotopic (exact) mass is 376 g/mol. The average Bonchev–Trinajstić information content (AvgIpc) is 2.82. The van der Waals surface area contributed by atoms with Crippen LogP contribution in [0.15, 0.2) is 23.1 Å². The molecule has 1 fully saturated rings. The lowest BCUT2D eigenvalue weighted by atomic mass is 9.86. The van der Waals surface area contributed by atoms with E-state index < -0.39 is 61.9 Å². The maximum Gasteiger partial charge on any atom is 0.416 e. The van der Waals surface area contributed by atoms with E-state index in [0.29, 0.717) is 23.1 Å². The summed E-state index contributed by atoms with van der Waals surface area (Å²) in [5, 5.41) is 0. The second kappa shape index (κ2) is 4.81. The van der Waals surface area contributed by atoms with Crippen LogP contribution >= 0.6 is 0 Å². The summed E-state index contributed by atoms with van der Waals surface area (Å²) in [5.41, 5.74) is -4.01. The number of alkyl halides is 3. The molecule has 3 rings (SSSR count). The number of nitrogens with zero attached hydrogens (tertiary/aromatic N) is 2. The number of hydrogen-bond acceptors (Lipinski definition) is 5. The van der Waals surface area contributed by atoms with Gasteiger partial charge in [0.1, 0.15) is 0 Å². The fraction of sp³-hybridized carbons (Fsp3) is 0.357. The Labute approximate surface area is 140 Å². The number of sulfonamides is 1. The van der Waals surface area contributed by atoms with Gasteiger partial charge in [-0.1, -0.05) is 0 Å². The first-order valence-electron chi connectivity index (χ1n) is 6.94. The predicted molar refractivity (Wildman–Crippen MR) is 75.2 cm³/mol. The van der Waals surface area contributed by atoms with Gasteiger partial charge >= 0.3 is 6.18 Å². The first-order chi connectivity index (χ1) is 11.3. The maximum atomic E-state index is 13.0. The van der Waals surface area contributed by atoms with Crippen LogP contribution in [0.3, 0.4) is 0 Å². The molecular formula is C14H11F3N2O5S. The molecule has 1 atom stereocenters. The predicted octanol–water partition coefficient (Wildman–Crippen LogP) is 0.840. The quantitative estimate of drug-likeness (QED) is 0.626. The molecule has 11 heteroatoms. The Kier molecular flexibility index (Phi) is 3.35. The highest BCUT2D eigenvalue weighted by Gasteiger charge is 2.66. The zero-order valence-corrected chi connectivity index (χ0v) is 13.7. The molecule has 2 heterocycles. The Hall–Kier alpha value is -2.43. The fourth-order valence-electron chi connectivity index (χ4n) is 3.28. The van der Waals surface area contributed by atoms with Gasteiger partial charge in [0.2, 0.25) is 11.8 Å². The number of likely N-dealkylation sites (N-methyl/N-ethyl adjacent to an activating group) is 1. The third-order valence-electron chi connectivity index (χ3n) is 4.34. The normalized spacial score (nSPS) is 25.0. The molecule has 1 unspecified atom stereocenters. The third kappa shape index (κ3) is 2.04. The molecule has 1 saturated heterocycles. The lowest BCUT2D eigenvalue weighted by molar-refractivity contribution is -0.144. The van der Waals surface area contributed by atoms with Crippen LogP contribution in [0, 0.1) is 0 Å². The summed E-state index contributed by atoms with van der Waals surface area (Å²) in [4.78, 5) is 36.6. The molecule has 1 spiro atoms. The minimum Gasteiger partial charge on any atom is -0.283 e. The number of fused-ring (bicyclic) bond motifs is 2. The summed E-state index contributed by atoms with van der Waals surface area (Å²) in [7, 11) is -3.48. The van der Waals surface area contributed by atoms with E-state index in [0.717, 1.165) is 14.0 Å². The number of hydrogen-bond donors (Lipinski definition) is 0. The van der Waals surface area contributed by atoms with Gasteiger partial charge in [-0.2, -0.15) is 13.2 Å². The van der Waals surface area contributed by atoms with Crippen molar-refractivity contribution in [3.63, 3.8) is 0 Å². The smallest absolute Gasteiger partial charge is 0.283 e. The molecule has 25 heavy (non-hydrogen) atoms. The number of benzene rings is 1. The van der Waals surface area contributed by atoms with Crippen molar-refractivity contribution in [1.29, 1.82) is 0 Å². The summed E-state index contributed by atoms with van der Waals surface area (Å²) >= 11 is 0. The van der Waals surface area contributed by atoms with Crippen molar-refractivity contribution in [2.45, 2.75) is 30.0 Å². The zero-order valence-electron chi connectivity index (χ0n) is 12.9. The van der Waals surface area contributed by atoms with Crippen LogP contribution in [0.25, 0.3) is 0 Å². The molecule has 1 aromatic carbocycles. The maximum absolute atomic E-state index is 13.0. The molecule has 2 aliphatic rings. The second-order valence-electron chi connectivity index (χ2n) is 5.79. The highest BCUT2D eigenvalue weighted by atomic mass is 32.2. The van der Waals surface area contributed by atoms with E-state index in [4.69, 9.17) is 0 Å². The van der Waals surface area contributed by atoms with E-state index >= 15 is 0 Å². The van der Waals surface area contributed by atoms with E-state index in [-0.39, 0.29) is 4.31 Å². The van der Waals surface area contributed by atoms with E-state index in [2.05, 4.69) is 0 Å². The van der Waals surface area contributed by atoms with Crippen LogP contribution in [0.4, 0.5) is 13.2 Å². The van der Waals surface area contributed by atoms with Gasteiger partial charge in [-0.3, -0.25) is 19.3 Å². The molecular weight excluding hydrogens is 365 g/mol. The third-order valence-corrected chi connectivity index (χ3v) is 6.30. The number of likely N-dealkylation sites (tertiary alicyclic amines) is 1. The first-order valence-corrected chi connectivity index (χ1v) is 8.38. The molecule has 0 saturated carbocycles. The molecule has 0 bridgehead atoms. The molecule has 0 radical (unpaired) electrons. The van der Waals surface area contributed by atoms with Crippen molar-refractivity contribution >= 4 is 27.7 Å². The molecule has 0 aromatic heterocycles. The minimum atomic E-state index is -4.79. The molecule has 3 amide bonds. The zero-order chi connectivity index (χ0) is 18.9. The number of amides is 3. The lowest BCUT2D eigenvalue weighted by Gasteiger charge is -2.30. The Morgan fingerprint density at radius 1 is 1.24 bits per heavy atom. The van der Waals surface area contributed by atoms with Gasteiger partial charge < -0.3 is 0 Å². The Bertz CT molecular complexity index is 940. The van der Waals surface area contributed by atoms with Crippen molar-refractivity contribution in [3.05, 3.63) is 29.3 Å². The summed E-state index contributed by atoms with van der Waals surface area (Å²) in [5.74, 6) is -2.92. The van der Waals surface area contributed by atoms with Crippen molar-refractivity contribution < 1.29 is 36.0 Å². The van der Waals surface area contributed by atoms with Crippen molar-refractivity contribution in [3.8, 4) is 0 Å². The van der Waals surface area contributed by atoms with E-state index in [9.17, 15) is 36.0 Å². The number of rotatable bonds is 0. The van der Waals surface area contributed by atoms with Gasteiger partial charge in [0, 0.05) is 19.5 Å². The van der Waals surface area contributed by atoms with Crippen LogP contribution < -0.4 is 0 Å². The number of halogens is 3. The average molecular weight is 376 g/mol. The van der Waals surface area contributed by atoms with Crippen LogP contribution in [0.5, 0.6) is 0 Å². The first kappa shape index (κ1) is 17.4. The van der Waals surface area contributed by atoms with Crippen molar-refractivity contribution in [2.75, 3.05) is 7.05 Å². The van der Waals surface area contributed by atoms with Gasteiger partial charge in [-0.25, -0.2) is 12.7 Å². The molecule has 2 aliphatic heterocycles.